The van der Waals surface area contributed by atoms with Gasteiger partial charge in [-0.3, -0.25) is 28.8 Å². The third-order valence-corrected chi connectivity index (χ3v) is 11.3. The van der Waals surface area contributed by atoms with Crippen molar-refractivity contribution < 1.29 is 43.0 Å². The summed E-state index contributed by atoms with van der Waals surface area (Å²) in [6.07, 6.45) is 10.4. The van der Waals surface area contributed by atoms with E-state index in [-0.39, 0.29) is 52.2 Å². The third kappa shape index (κ3) is 14.3. The number of hydrogen-bond acceptors (Lipinski definition) is 9. The Labute approximate surface area is 394 Å². The van der Waals surface area contributed by atoms with Gasteiger partial charge in [-0.05, 0) is 83.8 Å². The van der Waals surface area contributed by atoms with Crippen molar-refractivity contribution >= 4 is 40.3 Å². The fourth-order valence-electron chi connectivity index (χ4n) is 7.60. The molecule has 0 spiro atoms. The van der Waals surface area contributed by atoms with Gasteiger partial charge in [0.05, 0.1) is 21.3 Å². The molecule has 0 bridgehead atoms. The van der Waals surface area contributed by atoms with E-state index in [0.29, 0.717) is 17.6 Å². The zero-order valence-corrected chi connectivity index (χ0v) is 41.7. The smallest absolute Gasteiger partial charge is 0.193 e. The molecule has 0 N–H and O–H groups in total. The van der Waals surface area contributed by atoms with Gasteiger partial charge in [-0.1, -0.05) is 137 Å². The minimum atomic E-state index is -1.34. The Morgan fingerprint density at radius 3 is 1.47 bits per heavy atom. The average Bonchev–Trinajstić information content (AvgIpc) is 3.75. The minimum Gasteiger partial charge on any atom is -0.497 e. The van der Waals surface area contributed by atoms with Crippen LogP contribution in [-0.2, 0) is 28.9 Å². The molecule has 356 valence electrons. The normalized spacial score (nSPS) is 14.1. The topological polar surface area (TPSA) is 130 Å². The standard InChI is InChI=1S/C27H22O6.C13H20O.C11H16O2.C4H10.C2H6/c1-4-6-21(29)22-13(3)16-9-7-14(11-18(16)26(22)32)24(30)15-8-10-17-19(12-15)27(33)23(25(17)31)20(28)5-2;1-4-6-11-8-9-12(7-5-2)13(10-11)14-3;1-4-5-9-6-7-10(12-2)8-11(9)13-3;1-3-4-2;1-2/h7-12,22-23H,3-6H2,1-2H3;8-10H,4-7H2,1-3H3;6-8H,4-5H2,1-3H3;3-4H2,1-2H3;1-2H3. The molecule has 0 heterocycles. The first-order chi connectivity index (χ1) is 31.7. The van der Waals surface area contributed by atoms with Gasteiger partial charge in [0.15, 0.2) is 28.9 Å². The number of benzene rings is 4. The highest BCUT2D eigenvalue weighted by Gasteiger charge is 2.43. The summed E-state index contributed by atoms with van der Waals surface area (Å²) < 4.78 is 15.8. The van der Waals surface area contributed by atoms with Gasteiger partial charge in [0.25, 0.3) is 0 Å². The zero-order chi connectivity index (χ0) is 49.5. The molecule has 2 atom stereocenters. The number of aryl methyl sites for hydroxylation is 3. The van der Waals surface area contributed by atoms with Crippen LogP contribution in [0.2, 0.25) is 0 Å². The van der Waals surface area contributed by atoms with Crippen molar-refractivity contribution in [2.45, 2.75) is 133 Å². The summed E-state index contributed by atoms with van der Waals surface area (Å²) >= 11 is 0. The Bertz CT molecular complexity index is 2300. The number of carbonyl (C=O) groups is 6. The van der Waals surface area contributed by atoms with Crippen LogP contribution in [-0.4, -0.2) is 56.0 Å². The molecule has 0 amide bonds. The molecule has 2 unspecified atom stereocenters. The number of unbranched alkanes of at least 4 members (excludes halogenated alkanes) is 1. The molecule has 0 aliphatic heterocycles. The maximum Gasteiger partial charge on any atom is 0.193 e. The van der Waals surface area contributed by atoms with Gasteiger partial charge in [0.1, 0.15) is 34.9 Å². The highest BCUT2D eigenvalue weighted by molar-refractivity contribution is 6.36. The van der Waals surface area contributed by atoms with Crippen molar-refractivity contribution in [3.63, 3.8) is 0 Å². The van der Waals surface area contributed by atoms with E-state index in [9.17, 15) is 28.8 Å². The van der Waals surface area contributed by atoms with E-state index in [1.54, 1.807) is 40.4 Å². The maximum absolute atomic E-state index is 13.1. The highest BCUT2D eigenvalue weighted by atomic mass is 16.5. The van der Waals surface area contributed by atoms with Crippen LogP contribution in [0.1, 0.15) is 183 Å². The maximum atomic E-state index is 13.1. The summed E-state index contributed by atoms with van der Waals surface area (Å²) in [6, 6.07) is 21.3. The van der Waals surface area contributed by atoms with Crippen LogP contribution >= 0.6 is 0 Å². The number of carbonyl (C=O) groups excluding carboxylic acids is 6. The van der Waals surface area contributed by atoms with Gasteiger partial charge < -0.3 is 14.2 Å². The van der Waals surface area contributed by atoms with Crippen LogP contribution in [0, 0.1) is 11.8 Å². The molecule has 0 saturated heterocycles. The summed E-state index contributed by atoms with van der Waals surface area (Å²) in [5.74, 6) is -1.99. The highest BCUT2D eigenvalue weighted by Crippen LogP contribution is 2.38. The number of fused-ring (bicyclic) bond motifs is 2. The molecule has 0 aromatic heterocycles. The summed E-state index contributed by atoms with van der Waals surface area (Å²) in [5, 5.41) is 0. The number of allylic oxidation sites excluding steroid dienone is 1. The number of ketones is 6. The Hall–Kier alpha value is -5.96. The minimum absolute atomic E-state index is 0.0634. The average molecular weight is 903 g/mol. The molecule has 9 nitrogen and oxygen atoms in total. The molecule has 2 aliphatic carbocycles. The van der Waals surface area contributed by atoms with E-state index < -0.39 is 35.0 Å². The van der Waals surface area contributed by atoms with E-state index in [4.69, 9.17) is 14.2 Å². The third-order valence-electron chi connectivity index (χ3n) is 11.3. The second-order valence-corrected chi connectivity index (χ2v) is 15.9. The molecule has 4 aromatic carbocycles. The van der Waals surface area contributed by atoms with Crippen LogP contribution in [0.25, 0.3) is 5.57 Å². The molecule has 2 aliphatic rings. The van der Waals surface area contributed by atoms with Crippen molar-refractivity contribution in [3.05, 3.63) is 129 Å². The van der Waals surface area contributed by atoms with Crippen LogP contribution in [0.5, 0.6) is 17.2 Å². The lowest BCUT2D eigenvalue weighted by atomic mass is 9.93. The lowest BCUT2D eigenvalue weighted by Gasteiger charge is -2.09. The van der Waals surface area contributed by atoms with E-state index >= 15 is 0 Å². The van der Waals surface area contributed by atoms with Crippen molar-refractivity contribution in [2.75, 3.05) is 21.3 Å². The van der Waals surface area contributed by atoms with Crippen LogP contribution in [0.3, 0.4) is 0 Å². The largest absolute Gasteiger partial charge is 0.497 e. The zero-order valence-electron chi connectivity index (χ0n) is 41.7. The Morgan fingerprint density at radius 1 is 0.500 bits per heavy atom. The van der Waals surface area contributed by atoms with E-state index in [1.165, 1.54) is 66.6 Å². The number of rotatable bonds is 17. The van der Waals surface area contributed by atoms with Crippen molar-refractivity contribution in [1.82, 2.24) is 0 Å². The molecule has 0 fully saturated rings. The summed E-state index contributed by atoms with van der Waals surface area (Å²) in [4.78, 5) is 75.6. The predicted octanol–water partition coefficient (Wildman–Crippen LogP) is 13.2. The first kappa shape index (κ1) is 56.2. The first-order valence-corrected chi connectivity index (χ1v) is 23.8. The lowest BCUT2D eigenvalue weighted by Crippen LogP contribution is -2.24. The van der Waals surface area contributed by atoms with Crippen molar-refractivity contribution in [1.29, 1.82) is 0 Å². The molecular weight excluding hydrogens is 829 g/mol. The first-order valence-electron chi connectivity index (χ1n) is 23.8. The quantitative estimate of drug-likeness (QED) is 0.0751. The SMILES string of the molecule is C=C1c2ccc(C(=O)c3ccc4c(c3)C(=O)C(C(=O)CC)C4=O)cc2C(=O)C1C(=O)CCC.CC.CCCC.CCCc1ccc(CCC)c(OC)c1.CCCc1ccc(OC)cc1OC. The van der Waals surface area contributed by atoms with E-state index in [1.807, 2.05) is 32.9 Å². The number of Topliss-reactive ketones (excluding diaryl/α,β-unsaturated/α-hetero) is 5. The second kappa shape index (κ2) is 28.8. The van der Waals surface area contributed by atoms with Gasteiger partial charge >= 0.3 is 0 Å². The summed E-state index contributed by atoms with van der Waals surface area (Å²) in [5.41, 5.74) is 5.82. The van der Waals surface area contributed by atoms with Crippen molar-refractivity contribution in [3.8, 4) is 17.2 Å². The van der Waals surface area contributed by atoms with Crippen LogP contribution in [0.4, 0.5) is 0 Å². The monoisotopic (exact) mass is 903 g/mol. The molecule has 9 heteroatoms. The van der Waals surface area contributed by atoms with Gasteiger partial charge in [-0.2, -0.15) is 0 Å². The van der Waals surface area contributed by atoms with E-state index in [0.717, 1.165) is 42.9 Å². The summed E-state index contributed by atoms with van der Waals surface area (Å²) in [6.45, 7) is 22.3. The molecule has 0 radical (unpaired) electrons. The van der Waals surface area contributed by atoms with E-state index in [2.05, 4.69) is 65.5 Å². The van der Waals surface area contributed by atoms with Crippen LogP contribution in [0.15, 0.2) is 79.4 Å². The molecule has 4 aromatic rings. The Kier molecular flexibility index (Phi) is 24.5. The van der Waals surface area contributed by atoms with Crippen molar-refractivity contribution in [2.24, 2.45) is 11.8 Å². The molecule has 66 heavy (non-hydrogen) atoms. The van der Waals surface area contributed by atoms with Gasteiger partial charge in [-0.15, -0.1) is 0 Å². The fourth-order valence-corrected chi connectivity index (χ4v) is 7.60. The number of methoxy groups -OCH3 is 3. The fraction of sp³-hybridized carbons (Fsp3) is 0.439. The number of hydrogen-bond donors (Lipinski definition) is 0. The molecule has 6 rings (SSSR count). The van der Waals surface area contributed by atoms with Crippen LogP contribution < -0.4 is 14.2 Å². The Balaban J connectivity index is 0.000000373. The van der Waals surface area contributed by atoms with Gasteiger partial charge in [0.2, 0.25) is 0 Å². The second-order valence-electron chi connectivity index (χ2n) is 15.9. The Morgan fingerprint density at radius 2 is 0.985 bits per heavy atom. The molecule has 0 saturated carbocycles. The number of ether oxygens (including phenoxy) is 3. The predicted molar refractivity (Wildman–Crippen MR) is 267 cm³/mol. The lowest BCUT2D eigenvalue weighted by molar-refractivity contribution is -0.120. The summed E-state index contributed by atoms with van der Waals surface area (Å²) in [7, 11) is 5.10. The van der Waals surface area contributed by atoms with Gasteiger partial charge in [-0.25, -0.2) is 0 Å². The molecular formula is C57H74O9. The van der Waals surface area contributed by atoms with Gasteiger partial charge in [0, 0.05) is 46.7 Å².